The van der Waals surface area contributed by atoms with Crippen LogP contribution in [-0.4, -0.2) is 107 Å². The second-order valence-electron chi connectivity index (χ2n) is 13.4. The molecule has 16 nitrogen and oxygen atoms in total. The van der Waals surface area contributed by atoms with E-state index in [1.807, 2.05) is 43.3 Å². The number of nitrogens with one attached hydrogen (secondary N) is 5. The topological polar surface area (TPSA) is 230 Å². The Labute approximate surface area is 318 Å². The predicted molar refractivity (Wildman–Crippen MR) is 203 cm³/mol. The number of carbonyl (C=O) groups excluding carboxylic acids is 3. The third-order valence-electron chi connectivity index (χ3n) is 9.48. The number of nitrogens with zero attached hydrogens (tertiary/aromatic N) is 3. The van der Waals surface area contributed by atoms with Gasteiger partial charge in [-0.1, -0.05) is 30.3 Å². The van der Waals surface area contributed by atoms with Gasteiger partial charge in [-0.2, -0.15) is 0 Å². The highest BCUT2D eigenvalue weighted by Gasteiger charge is 2.30. The number of aliphatic hydroxyl groups is 1. The van der Waals surface area contributed by atoms with Crippen LogP contribution in [0.5, 0.6) is 0 Å². The number of rotatable bonds is 19. The Hall–Kier alpha value is -5.71. The molecule has 55 heavy (non-hydrogen) atoms. The Morgan fingerprint density at radius 1 is 0.891 bits per heavy atom. The molecule has 0 radical (unpaired) electrons. The van der Waals surface area contributed by atoms with Crippen LogP contribution in [0.15, 0.2) is 66.7 Å². The van der Waals surface area contributed by atoms with Crippen molar-refractivity contribution in [1.82, 2.24) is 36.6 Å². The van der Waals surface area contributed by atoms with Gasteiger partial charge in [0.25, 0.3) is 5.91 Å². The van der Waals surface area contributed by atoms with Gasteiger partial charge in [0.2, 0.25) is 11.8 Å². The summed E-state index contributed by atoms with van der Waals surface area (Å²) in [5, 5.41) is 42.8. The van der Waals surface area contributed by atoms with Crippen molar-refractivity contribution in [2.24, 2.45) is 11.8 Å². The lowest BCUT2D eigenvalue weighted by molar-refractivity contribution is -0.130. The van der Waals surface area contributed by atoms with Gasteiger partial charge in [-0.25, -0.2) is 9.89 Å². The van der Waals surface area contributed by atoms with Gasteiger partial charge in [-0.3, -0.25) is 14.4 Å². The standard InChI is InChI=1S/C39H48N8O8/c1-25-5-6-27(21-33(25)30-3-2-4-31(23-30)36(49)40-15-17-54-19-20-55-18-16-48)22-34(43-37(50)29-9-7-26(8-10-29)24-41-39(52)53)38(51)42-32-13-11-28(12-14-32)35-44-46-47-45-35/h2-6,11-14,21,23,26,29,34,41,48H,7-10,15-20,22,24H2,1H3,(H,40,49)(H,42,51)(H,43,50)(H,52,53)(H,44,45,46,47)/t26-,29-,34-/m0/s1. The molecule has 1 aliphatic rings. The molecule has 0 aliphatic heterocycles. The van der Waals surface area contributed by atoms with Crippen molar-refractivity contribution in [1.29, 1.82) is 0 Å². The number of tetrazole rings is 1. The van der Waals surface area contributed by atoms with Gasteiger partial charge in [0.15, 0.2) is 5.82 Å². The van der Waals surface area contributed by atoms with E-state index in [9.17, 15) is 19.2 Å². The zero-order valence-corrected chi connectivity index (χ0v) is 30.8. The number of aromatic amines is 1. The predicted octanol–water partition coefficient (Wildman–Crippen LogP) is 3.34. The SMILES string of the molecule is Cc1ccc(C[C@H](NC(=O)[C@H]2CC[C@H](CNC(=O)O)CC2)C(=O)Nc2ccc(-c3nnn[nH]3)cc2)cc1-c1cccc(C(=O)NCCOCCOCCO)c1. The molecule has 4 amide bonds. The highest BCUT2D eigenvalue weighted by Crippen LogP contribution is 2.30. The summed E-state index contributed by atoms with van der Waals surface area (Å²) in [4.78, 5) is 51.4. The molecule has 1 aliphatic carbocycles. The first-order valence-corrected chi connectivity index (χ1v) is 18.4. The molecule has 3 aromatic carbocycles. The molecule has 1 aromatic heterocycles. The summed E-state index contributed by atoms with van der Waals surface area (Å²) in [5.41, 5.74) is 5.25. The maximum Gasteiger partial charge on any atom is 0.404 e. The minimum absolute atomic E-state index is 0.0455. The Bertz CT molecular complexity index is 1860. The summed E-state index contributed by atoms with van der Waals surface area (Å²) < 4.78 is 10.6. The number of anilines is 1. The molecule has 5 rings (SSSR count). The molecule has 292 valence electrons. The lowest BCUT2D eigenvalue weighted by Gasteiger charge is -2.29. The highest BCUT2D eigenvalue weighted by molar-refractivity contribution is 5.98. The molecular formula is C39H48N8O8. The molecule has 0 unspecified atom stereocenters. The van der Waals surface area contributed by atoms with E-state index in [-0.39, 0.29) is 49.2 Å². The maximum absolute atomic E-state index is 13.9. The van der Waals surface area contributed by atoms with Crippen molar-refractivity contribution in [2.75, 3.05) is 51.4 Å². The van der Waals surface area contributed by atoms with Gasteiger partial charge in [0.1, 0.15) is 6.04 Å². The Morgan fingerprint density at radius 3 is 2.36 bits per heavy atom. The largest absolute Gasteiger partial charge is 0.465 e. The van der Waals surface area contributed by atoms with Crippen molar-refractivity contribution in [3.63, 3.8) is 0 Å². The fourth-order valence-corrected chi connectivity index (χ4v) is 6.48. The minimum atomic E-state index is -1.06. The summed E-state index contributed by atoms with van der Waals surface area (Å²) in [6.07, 6.45) is 1.74. The van der Waals surface area contributed by atoms with Crippen LogP contribution in [0.2, 0.25) is 0 Å². The van der Waals surface area contributed by atoms with E-state index in [0.717, 1.165) is 27.8 Å². The number of hydrogen-bond donors (Lipinski definition) is 7. The molecule has 1 heterocycles. The maximum atomic E-state index is 13.9. The van der Waals surface area contributed by atoms with Crippen LogP contribution in [0.25, 0.3) is 22.5 Å². The number of carboxylic acid groups (broad SMARTS) is 1. The first kappa shape index (κ1) is 40.5. The number of H-pyrrole nitrogens is 1. The van der Waals surface area contributed by atoms with Crippen LogP contribution >= 0.6 is 0 Å². The summed E-state index contributed by atoms with van der Waals surface area (Å²) >= 11 is 0. The Balaban J connectivity index is 1.27. The van der Waals surface area contributed by atoms with Gasteiger partial charge >= 0.3 is 6.09 Å². The Kier molecular flexibility index (Phi) is 15.2. The molecule has 16 heteroatoms. The summed E-state index contributed by atoms with van der Waals surface area (Å²) in [5.74, 6) is -0.499. The molecule has 0 spiro atoms. The first-order chi connectivity index (χ1) is 26.7. The van der Waals surface area contributed by atoms with E-state index in [2.05, 4.69) is 41.9 Å². The normalized spacial score (nSPS) is 15.8. The second kappa shape index (κ2) is 20.7. The number of benzene rings is 3. The van der Waals surface area contributed by atoms with E-state index < -0.39 is 12.1 Å². The molecular weight excluding hydrogens is 708 g/mol. The van der Waals surface area contributed by atoms with Gasteiger partial charge < -0.3 is 41.0 Å². The van der Waals surface area contributed by atoms with Crippen LogP contribution in [-0.2, 0) is 25.5 Å². The van der Waals surface area contributed by atoms with Crippen LogP contribution < -0.4 is 21.3 Å². The molecule has 1 saturated carbocycles. The van der Waals surface area contributed by atoms with Crippen LogP contribution in [0, 0.1) is 18.8 Å². The number of aliphatic hydroxyl groups excluding tert-OH is 1. The number of carbonyl (C=O) groups is 4. The van der Waals surface area contributed by atoms with E-state index in [1.165, 1.54) is 0 Å². The van der Waals surface area contributed by atoms with Crippen LogP contribution in [0.4, 0.5) is 10.5 Å². The van der Waals surface area contributed by atoms with E-state index in [0.29, 0.717) is 75.7 Å². The Morgan fingerprint density at radius 2 is 1.65 bits per heavy atom. The van der Waals surface area contributed by atoms with Crippen molar-refractivity contribution in [3.8, 4) is 22.5 Å². The van der Waals surface area contributed by atoms with Crippen LogP contribution in [0.3, 0.4) is 0 Å². The quantitative estimate of drug-likeness (QED) is 0.0687. The number of hydrogen-bond acceptors (Lipinski definition) is 10. The van der Waals surface area contributed by atoms with Gasteiger partial charge in [-0.15, -0.1) is 5.10 Å². The lowest BCUT2D eigenvalue weighted by atomic mass is 9.81. The fourth-order valence-electron chi connectivity index (χ4n) is 6.48. The van der Waals surface area contributed by atoms with Gasteiger partial charge in [-0.05, 0) is 108 Å². The monoisotopic (exact) mass is 756 g/mol. The fraction of sp³-hybridized carbons (Fsp3) is 0.410. The highest BCUT2D eigenvalue weighted by atomic mass is 16.5. The third kappa shape index (κ3) is 12.4. The van der Waals surface area contributed by atoms with Gasteiger partial charge in [0.05, 0.1) is 33.0 Å². The van der Waals surface area contributed by atoms with Gasteiger partial charge in [0, 0.05) is 42.2 Å². The molecule has 4 aromatic rings. The molecule has 0 bridgehead atoms. The first-order valence-electron chi connectivity index (χ1n) is 18.4. The second-order valence-corrected chi connectivity index (χ2v) is 13.4. The third-order valence-corrected chi connectivity index (χ3v) is 9.48. The number of ether oxygens (including phenoxy) is 2. The van der Waals surface area contributed by atoms with E-state index >= 15 is 0 Å². The lowest BCUT2D eigenvalue weighted by Crippen LogP contribution is -2.48. The van der Waals surface area contributed by atoms with Crippen molar-refractivity contribution >= 4 is 29.5 Å². The average Bonchev–Trinajstić information content (AvgIpc) is 3.74. The average molecular weight is 757 g/mol. The summed E-state index contributed by atoms with van der Waals surface area (Å²) in [7, 11) is 0. The number of aromatic nitrogens is 4. The summed E-state index contributed by atoms with van der Waals surface area (Å²) in [6, 6.07) is 19.3. The molecule has 0 saturated heterocycles. The van der Waals surface area contributed by atoms with Crippen molar-refractivity contribution in [3.05, 3.63) is 83.4 Å². The summed E-state index contributed by atoms with van der Waals surface area (Å²) in [6.45, 7) is 3.89. The molecule has 1 atom stereocenters. The minimum Gasteiger partial charge on any atom is -0.465 e. The zero-order chi connectivity index (χ0) is 39.0. The van der Waals surface area contributed by atoms with Crippen molar-refractivity contribution < 1.29 is 38.9 Å². The smallest absolute Gasteiger partial charge is 0.404 e. The molecule has 1 fully saturated rings. The van der Waals surface area contributed by atoms with E-state index in [1.54, 1.807) is 30.3 Å². The zero-order valence-electron chi connectivity index (χ0n) is 30.8. The number of aryl methyl sites for hydroxylation is 1. The van der Waals surface area contributed by atoms with Crippen molar-refractivity contribution in [2.45, 2.75) is 45.1 Å². The van der Waals surface area contributed by atoms with Crippen LogP contribution in [0.1, 0.15) is 47.2 Å². The number of amides is 4. The van der Waals surface area contributed by atoms with E-state index in [4.69, 9.17) is 19.7 Å². The molecule has 7 N–H and O–H groups in total.